The monoisotopic (exact) mass is 498 g/mol. The first-order valence-corrected chi connectivity index (χ1v) is 13.5. The average molecular weight is 499 g/mol. The van der Waals surface area contributed by atoms with Gasteiger partial charge >= 0.3 is 5.97 Å². The fourth-order valence-electron chi connectivity index (χ4n) is 5.45. The van der Waals surface area contributed by atoms with Gasteiger partial charge in [-0.3, -0.25) is 0 Å². The quantitative estimate of drug-likeness (QED) is 0.330. The van der Waals surface area contributed by atoms with Crippen molar-refractivity contribution in [2.75, 3.05) is 6.61 Å². The Bertz CT molecular complexity index is 886. The second kappa shape index (κ2) is 13.0. The van der Waals surface area contributed by atoms with Gasteiger partial charge in [-0.1, -0.05) is 61.1 Å². The molecule has 1 saturated heterocycles. The van der Waals surface area contributed by atoms with Crippen LogP contribution in [-0.2, 0) is 23.7 Å². The van der Waals surface area contributed by atoms with Gasteiger partial charge in [-0.05, 0) is 51.4 Å². The molecular formula is C30H42O6. The Labute approximate surface area is 215 Å². The first-order valence-electron chi connectivity index (χ1n) is 13.5. The van der Waals surface area contributed by atoms with Gasteiger partial charge in [0.1, 0.15) is 12.2 Å². The molecule has 8 atom stereocenters. The third kappa shape index (κ3) is 8.55. The van der Waals surface area contributed by atoms with Crippen molar-refractivity contribution < 1.29 is 28.8 Å². The highest BCUT2D eigenvalue weighted by molar-refractivity contribution is 5.82. The van der Waals surface area contributed by atoms with Crippen LogP contribution in [0.15, 0.2) is 60.3 Å². The van der Waals surface area contributed by atoms with Crippen molar-refractivity contribution in [2.45, 2.75) is 108 Å². The van der Waals surface area contributed by atoms with Crippen LogP contribution in [0.4, 0.5) is 0 Å². The van der Waals surface area contributed by atoms with Crippen LogP contribution in [0.3, 0.4) is 0 Å². The van der Waals surface area contributed by atoms with E-state index in [1.165, 1.54) is 11.6 Å². The van der Waals surface area contributed by atoms with E-state index in [1.54, 1.807) is 0 Å². The molecule has 4 aliphatic heterocycles. The Kier molecular flexibility index (Phi) is 9.77. The Morgan fingerprint density at radius 3 is 2.83 bits per heavy atom. The molecule has 2 bridgehead atoms. The number of epoxide rings is 1. The zero-order valence-electron chi connectivity index (χ0n) is 21.7. The summed E-state index contributed by atoms with van der Waals surface area (Å²) in [6, 6.07) is 0. The third-order valence-corrected chi connectivity index (χ3v) is 7.33. The fourth-order valence-corrected chi connectivity index (χ4v) is 5.45. The van der Waals surface area contributed by atoms with E-state index in [2.05, 4.69) is 44.7 Å². The number of ether oxygens (including phenoxy) is 4. The van der Waals surface area contributed by atoms with Crippen LogP contribution < -0.4 is 0 Å². The molecular weight excluding hydrogens is 456 g/mol. The van der Waals surface area contributed by atoms with Gasteiger partial charge in [0.2, 0.25) is 0 Å². The molecule has 0 aromatic rings. The minimum atomic E-state index is -0.594. The number of aliphatic hydroxyl groups is 1. The lowest BCUT2D eigenvalue weighted by Crippen LogP contribution is -2.26. The number of fused-ring (bicyclic) bond motifs is 3. The lowest BCUT2D eigenvalue weighted by atomic mass is 9.91. The third-order valence-electron chi connectivity index (χ3n) is 7.33. The largest absolute Gasteiger partial charge is 0.459 e. The van der Waals surface area contributed by atoms with Crippen LogP contribution in [0.2, 0.25) is 0 Å². The van der Waals surface area contributed by atoms with Gasteiger partial charge in [-0.25, -0.2) is 4.79 Å². The van der Waals surface area contributed by atoms with Crippen LogP contribution in [-0.4, -0.2) is 60.4 Å². The number of hydrogen-bond donors (Lipinski definition) is 1. The van der Waals surface area contributed by atoms with Crippen molar-refractivity contribution in [2.24, 2.45) is 5.92 Å². The van der Waals surface area contributed by atoms with E-state index in [4.69, 9.17) is 18.9 Å². The molecule has 6 heteroatoms. The molecule has 1 fully saturated rings. The Morgan fingerprint density at radius 2 is 2.00 bits per heavy atom. The summed E-state index contributed by atoms with van der Waals surface area (Å²) in [5.41, 5.74) is 2.37. The minimum absolute atomic E-state index is 0.0312. The van der Waals surface area contributed by atoms with Crippen molar-refractivity contribution in [1.29, 1.82) is 0 Å². The van der Waals surface area contributed by atoms with Gasteiger partial charge in [0, 0.05) is 18.9 Å². The van der Waals surface area contributed by atoms with Crippen LogP contribution in [0.25, 0.3) is 0 Å². The predicted molar refractivity (Wildman–Crippen MR) is 139 cm³/mol. The van der Waals surface area contributed by atoms with Gasteiger partial charge in [0.05, 0.1) is 37.1 Å². The second-order valence-electron chi connectivity index (χ2n) is 10.9. The highest BCUT2D eigenvalue weighted by atomic mass is 16.6. The topological polar surface area (TPSA) is 77.5 Å². The Balaban J connectivity index is 1.40. The van der Waals surface area contributed by atoms with E-state index in [9.17, 15) is 9.90 Å². The summed E-state index contributed by atoms with van der Waals surface area (Å²) < 4.78 is 23.6. The standard InChI is InChI=1S/C30H42O6/c1-20-13-14-33-24(16-20)9-5-11-26-19-28-30(36-28)27(31)18-22(3)15-21(2)17-25-10-4-7-23(34-25)8-6-12-29(32)35-26/h4-7,9,12-13,21,23-28,30-31H,3,8,10-11,14-19H2,1-2H3/b9-5+,12-6+/t21-,23-,24+,25-,26+,27-,28+,30-/m0/s1. The number of carbonyl (C=O) groups is 1. The highest BCUT2D eigenvalue weighted by Gasteiger charge is 2.45. The van der Waals surface area contributed by atoms with Crippen LogP contribution in [0.1, 0.15) is 65.2 Å². The van der Waals surface area contributed by atoms with E-state index < -0.39 is 6.10 Å². The SMILES string of the molecule is C=C1C[C@H](C)C[C@@H]2CC=C[C@@H](C/C=C/C(=O)O[C@H](C/C=C/[C@@H]3CC(C)=CCO3)C[C@H]3O[C@H]3[C@@H](O)C1)O2. The van der Waals surface area contributed by atoms with Crippen LogP contribution in [0.5, 0.6) is 0 Å². The van der Waals surface area contributed by atoms with Gasteiger partial charge in [0.25, 0.3) is 0 Å². The number of rotatable bonds is 3. The maximum atomic E-state index is 12.6. The molecule has 0 aromatic heterocycles. The second-order valence-corrected chi connectivity index (χ2v) is 10.9. The summed E-state index contributed by atoms with van der Waals surface area (Å²) in [4.78, 5) is 12.6. The molecule has 0 unspecified atom stereocenters. The molecule has 4 rings (SSSR count). The normalized spacial score (nSPS) is 39.5. The summed E-state index contributed by atoms with van der Waals surface area (Å²) in [5.74, 6) is 0.0593. The van der Waals surface area contributed by atoms with Gasteiger partial charge in [-0.2, -0.15) is 0 Å². The molecule has 198 valence electrons. The predicted octanol–water partition coefficient (Wildman–Crippen LogP) is 5.13. The van der Waals surface area contributed by atoms with Crippen molar-refractivity contribution >= 4 is 5.97 Å². The number of esters is 1. The van der Waals surface area contributed by atoms with E-state index in [0.29, 0.717) is 38.2 Å². The Morgan fingerprint density at radius 1 is 1.14 bits per heavy atom. The van der Waals surface area contributed by atoms with E-state index >= 15 is 0 Å². The zero-order valence-corrected chi connectivity index (χ0v) is 21.7. The molecule has 1 N–H and O–H groups in total. The van der Waals surface area contributed by atoms with Crippen LogP contribution >= 0.6 is 0 Å². The number of cyclic esters (lactones) is 1. The molecule has 0 saturated carbocycles. The molecule has 4 heterocycles. The summed E-state index contributed by atoms with van der Waals surface area (Å²) in [7, 11) is 0. The molecule has 4 aliphatic rings. The lowest BCUT2D eigenvalue weighted by Gasteiger charge is -2.28. The van der Waals surface area contributed by atoms with Crippen LogP contribution in [0, 0.1) is 5.92 Å². The van der Waals surface area contributed by atoms with E-state index in [-0.39, 0.29) is 42.6 Å². The first-order chi connectivity index (χ1) is 17.4. The molecule has 36 heavy (non-hydrogen) atoms. The van der Waals surface area contributed by atoms with Crippen molar-refractivity contribution in [3.63, 3.8) is 0 Å². The lowest BCUT2D eigenvalue weighted by molar-refractivity contribution is -0.143. The number of hydrogen-bond acceptors (Lipinski definition) is 6. The fraction of sp³-hybridized carbons (Fsp3) is 0.633. The summed E-state index contributed by atoms with van der Waals surface area (Å²) in [5, 5.41) is 10.7. The summed E-state index contributed by atoms with van der Waals surface area (Å²) >= 11 is 0. The Hall–Kier alpha value is -1.99. The number of carbonyl (C=O) groups excluding carboxylic acids is 1. The summed E-state index contributed by atoms with van der Waals surface area (Å²) in [6.07, 6.45) is 18.6. The average Bonchev–Trinajstić information content (AvgIpc) is 3.58. The molecule has 6 nitrogen and oxygen atoms in total. The maximum absolute atomic E-state index is 12.6. The molecule has 0 amide bonds. The van der Waals surface area contributed by atoms with Crippen molar-refractivity contribution in [3.05, 3.63) is 60.3 Å². The zero-order chi connectivity index (χ0) is 25.5. The van der Waals surface area contributed by atoms with E-state index in [1.807, 2.05) is 12.2 Å². The maximum Gasteiger partial charge on any atom is 0.330 e. The number of aliphatic hydroxyl groups excluding tert-OH is 1. The van der Waals surface area contributed by atoms with Gasteiger partial charge in [-0.15, -0.1) is 0 Å². The molecule has 0 radical (unpaired) electrons. The van der Waals surface area contributed by atoms with Gasteiger partial charge in [0.15, 0.2) is 0 Å². The van der Waals surface area contributed by atoms with E-state index in [0.717, 1.165) is 31.3 Å². The molecule has 0 spiro atoms. The smallest absolute Gasteiger partial charge is 0.330 e. The van der Waals surface area contributed by atoms with Gasteiger partial charge < -0.3 is 24.1 Å². The molecule has 0 aliphatic carbocycles. The first kappa shape index (κ1) is 27.1. The van der Waals surface area contributed by atoms with Crippen molar-refractivity contribution in [3.8, 4) is 0 Å². The molecule has 0 aromatic carbocycles. The minimum Gasteiger partial charge on any atom is -0.459 e. The highest BCUT2D eigenvalue weighted by Crippen LogP contribution is 2.34. The summed E-state index contributed by atoms with van der Waals surface area (Å²) in [6.45, 7) is 9.18. The van der Waals surface area contributed by atoms with Crippen molar-refractivity contribution in [1.82, 2.24) is 0 Å².